The van der Waals surface area contributed by atoms with E-state index >= 15 is 0 Å². The second kappa shape index (κ2) is 9.57. The van der Waals surface area contributed by atoms with E-state index in [0.29, 0.717) is 11.6 Å². The molecule has 0 bridgehead atoms. The lowest BCUT2D eigenvalue weighted by molar-refractivity contribution is -0.122. The molecule has 3 aromatic carbocycles. The molecular weight excluding hydrogens is 412 g/mol. The van der Waals surface area contributed by atoms with Crippen LogP contribution in [0.2, 0.25) is 0 Å². The third kappa shape index (κ3) is 4.82. The molecule has 0 saturated carbocycles. The first kappa shape index (κ1) is 21.4. The number of nitrogens with zero attached hydrogens (tertiary/aromatic N) is 3. The average molecular weight is 441 g/mol. The van der Waals surface area contributed by atoms with E-state index < -0.39 is 0 Å². The molecular formula is C27H28N4O2. The Balaban J connectivity index is 1.29. The van der Waals surface area contributed by atoms with Crippen molar-refractivity contribution in [3.63, 3.8) is 0 Å². The lowest BCUT2D eigenvalue weighted by Crippen LogP contribution is -2.49. The fraction of sp³-hybridized carbons (Fsp3) is 0.259. The zero-order chi connectivity index (χ0) is 22.6. The van der Waals surface area contributed by atoms with Gasteiger partial charge < -0.3 is 9.84 Å². The highest BCUT2D eigenvalue weighted by molar-refractivity contribution is 5.94. The number of rotatable bonds is 6. The number of aryl methyl sites for hydroxylation is 1. The molecule has 168 valence electrons. The third-order valence-electron chi connectivity index (χ3n) is 6.29. The van der Waals surface area contributed by atoms with Crippen LogP contribution in [0.15, 0.2) is 83.4 Å². The first-order valence-electron chi connectivity index (χ1n) is 11.4. The normalized spacial score (nSPS) is 16.0. The Bertz CT molecular complexity index is 1220. The topological polar surface area (TPSA) is 61.6 Å². The molecule has 1 atom stereocenters. The third-order valence-corrected chi connectivity index (χ3v) is 6.29. The largest absolute Gasteiger partial charge is 0.360 e. The van der Waals surface area contributed by atoms with Gasteiger partial charge in [-0.2, -0.15) is 0 Å². The number of carbonyl (C=O) groups excluding carboxylic acids is 1. The Labute approximate surface area is 193 Å². The van der Waals surface area contributed by atoms with E-state index in [1.54, 1.807) is 6.07 Å². The fourth-order valence-corrected chi connectivity index (χ4v) is 4.63. The predicted molar refractivity (Wildman–Crippen MR) is 130 cm³/mol. The molecule has 1 fully saturated rings. The maximum Gasteiger partial charge on any atom is 0.247 e. The predicted octanol–water partition coefficient (Wildman–Crippen LogP) is 4.63. The van der Waals surface area contributed by atoms with Gasteiger partial charge in [0.15, 0.2) is 5.82 Å². The number of fused-ring (bicyclic) bond motifs is 1. The van der Waals surface area contributed by atoms with Gasteiger partial charge in [-0.3, -0.25) is 14.6 Å². The molecule has 1 unspecified atom stereocenters. The monoisotopic (exact) mass is 440 g/mol. The first-order chi connectivity index (χ1) is 16.2. The molecule has 33 heavy (non-hydrogen) atoms. The second-order valence-corrected chi connectivity index (χ2v) is 8.58. The minimum atomic E-state index is -0.372. The SMILES string of the molecule is Cc1cc(NC(=O)C(c2ccccc2)N2CCN(Cc3cccc4ccccc34)CC2)no1. The molecule has 1 N–H and O–H groups in total. The standard InChI is InChI=1S/C27H28N4O2/c1-20-18-25(29-33-20)28-27(32)26(22-9-3-2-4-10-22)31-16-14-30(15-17-31)19-23-12-7-11-21-8-5-6-13-24(21)23/h2-13,18,26H,14-17,19H2,1H3,(H,28,29,32). The van der Waals surface area contributed by atoms with Crippen LogP contribution in [0.5, 0.6) is 0 Å². The van der Waals surface area contributed by atoms with Crippen LogP contribution in [0.1, 0.15) is 22.9 Å². The summed E-state index contributed by atoms with van der Waals surface area (Å²) in [6.45, 7) is 6.17. The molecule has 2 heterocycles. The highest BCUT2D eigenvalue weighted by Gasteiger charge is 2.31. The van der Waals surface area contributed by atoms with Crippen molar-refractivity contribution >= 4 is 22.5 Å². The number of aromatic nitrogens is 1. The summed E-state index contributed by atoms with van der Waals surface area (Å²) < 4.78 is 5.11. The Morgan fingerprint density at radius 1 is 0.970 bits per heavy atom. The van der Waals surface area contributed by atoms with Crippen LogP contribution in [-0.2, 0) is 11.3 Å². The molecule has 1 saturated heterocycles. The molecule has 0 spiro atoms. The van der Waals surface area contributed by atoms with E-state index in [-0.39, 0.29) is 11.9 Å². The number of anilines is 1. The van der Waals surface area contributed by atoms with Crippen LogP contribution >= 0.6 is 0 Å². The Morgan fingerprint density at radius 2 is 1.70 bits per heavy atom. The summed E-state index contributed by atoms with van der Waals surface area (Å²) in [4.78, 5) is 18.0. The zero-order valence-corrected chi connectivity index (χ0v) is 18.8. The second-order valence-electron chi connectivity index (χ2n) is 8.58. The average Bonchev–Trinajstić information content (AvgIpc) is 3.25. The van der Waals surface area contributed by atoms with Crippen molar-refractivity contribution in [1.29, 1.82) is 0 Å². The number of amides is 1. The number of hydrogen-bond acceptors (Lipinski definition) is 5. The molecule has 6 nitrogen and oxygen atoms in total. The zero-order valence-electron chi connectivity index (χ0n) is 18.8. The fourth-order valence-electron chi connectivity index (χ4n) is 4.63. The summed E-state index contributed by atoms with van der Waals surface area (Å²) >= 11 is 0. The number of piperazine rings is 1. The van der Waals surface area contributed by atoms with Gasteiger partial charge in [-0.15, -0.1) is 0 Å². The van der Waals surface area contributed by atoms with Crippen molar-refractivity contribution in [1.82, 2.24) is 15.0 Å². The van der Waals surface area contributed by atoms with E-state index in [1.807, 2.05) is 37.3 Å². The van der Waals surface area contributed by atoms with Crippen LogP contribution in [0.3, 0.4) is 0 Å². The van der Waals surface area contributed by atoms with Gasteiger partial charge >= 0.3 is 0 Å². The minimum Gasteiger partial charge on any atom is -0.360 e. The summed E-state index contributed by atoms with van der Waals surface area (Å²) in [6.07, 6.45) is 0. The molecule has 0 aliphatic carbocycles. The molecule has 4 aromatic rings. The Morgan fingerprint density at radius 3 is 2.45 bits per heavy atom. The van der Waals surface area contributed by atoms with E-state index in [0.717, 1.165) is 38.3 Å². The van der Waals surface area contributed by atoms with Crippen LogP contribution in [0.4, 0.5) is 5.82 Å². The lowest BCUT2D eigenvalue weighted by Gasteiger charge is -2.38. The maximum absolute atomic E-state index is 13.3. The Hall–Kier alpha value is -3.48. The van der Waals surface area contributed by atoms with Crippen molar-refractivity contribution < 1.29 is 9.32 Å². The molecule has 1 aliphatic rings. The first-order valence-corrected chi connectivity index (χ1v) is 11.4. The van der Waals surface area contributed by atoms with E-state index in [1.165, 1.54) is 16.3 Å². The van der Waals surface area contributed by atoms with Gasteiger partial charge in [0.05, 0.1) is 0 Å². The van der Waals surface area contributed by atoms with Crippen molar-refractivity contribution in [3.05, 3.63) is 95.7 Å². The van der Waals surface area contributed by atoms with Gasteiger partial charge in [0.25, 0.3) is 0 Å². The van der Waals surface area contributed by atoms with Crippen LogP contribution in [0, 0.1) is 6.92 Å². The molecule has 5 rings (SSSR count). The van der Waals surface area contributed by atoms with Gasteiger partial charge in [0.2, 0.25) is 5.91 Å². The smallest absolute Gasteiger partial charge is 0.247 e. The van der Waals surface area contributed by atoms with Gasteiger partial charge in [-0.05, 0) is 28.8 Å². The summed E-state index contributed by atoms with van der Waals surface area (Å²) in [5, 5.41) is 9.45. The molecule has 1 amide bonds. The molecule has 0 radical (unpaired) electrons. The summed E-state index contributed by atoms with van der Waals surface area (Å²) in [5.74, 6) is 1.04. The lowest BCUT2D eigenvalue weighted by atomic mass is 10.0. The number of benzene rings is 3. The molecule has 6 heteroatoms. The number of hydrogen-bond donors (Lipinski definition) is 1. The summed E-state index contributed by atoms with van der Waals surface area (Å²) in [7, 11) is 0. The van der Waals surface area contributed by atoms with Crippen molar-refractivity contribution in [2.45, 2.75) is 19.5 Å². The van der Waals surface area contributed by atoms with Crippen molar-refractivity contribution in [2.75, 3.05) is 31.5 Å². The van der Waals surface area contributed by atoms with Gasteiger partial charge in [-0.25, -0.2) is 0 Å². The van der Waals surface area contributed by atoms with Gasteiger partial charge in [0.1, 0.15) is 11.8 Å². The Kier molecular flexibility index (Phi) is 6.19. The molecule has 1 aromatic heterocycles. The van der Waals surface area contributed by atoms with Gasteiger partial charge in [0, 0.05) is 38.8 Å². The van der Waals surface area contributed by atoms with Crippen LogP contribution in [-0.4, -0.2) is 47.0 Å². The van der Waals surface area contributed by atoms with Crippen molar-refractivity contribution in [2.24, 2.45) is 0 Å². The van der Waals surface area contributed by atoms with Gasteiger partial charge in [-0.1, -0.05) is 78.0 Å². The number of nitrogens with one attached hydrogen (secondary N) is 1. The van der Waals surface area contributed by atoms with E-state index in [2.05, 4.69) is 62.7 Å². The highest BCUT2D eigenvalue weighted by Crippen LogP contribution is 2.26. The van der Waals surface area contributed by atoms with Crippen LogP contribution in [0.25, 0.3) is 10.8 Å². The quantitative estimate of drug-likeness (QED) is 0.474. The summed E-state index contributed by atoms with van der Waals surface area (Å²) in [6, 6.07) is 26.4. The van der Waals surface area contributed by atoms with E-state index in [9.17, 15) is 4.79 Å². The molecule has 1 aliphatic heterocycles. The number of carbonyl (C=O) groups is 1. The van der Waals surface area contributed by atoms with Crippen LogP contribution < -0.4 is 5.32 Å². The minimum absolute atomic E-state index is 0.0861. The summed E-state index contributed by atoms with van der Waals surface area (Å²) in [5.41, 5.74) is 2.33. The maximum atomic E-state index is 13.3. The van der Waals surface area contributed by atoms with Crippen molar-refractivity contribution in [3.8, 4) is 0 Å². The highest BCUT2D eigenvalue weighted by atomic mass is 16.5. The van der Waals surface area contributed by atoms with E-state index in [4.69, 9.17) is 4.52 Å².